The number of hydrogen-bond acceptors (Lipinski definition) is 3. The zero-order valence-electron chi connectivity index (χ0n) is 10.4. The van der Waals surface area contributed by atoms with Gasteiger partial charge in [-0.3, -0.25) is 4.79 Å². The molecule has 0 saturated carbocycles. The topological polar surface area (TPSA) is 60.9 Å². The largest absolute Gasteiger partial charge is 0.478 e. The van der Waals surface area contributed by atoms with E-state index >= 15 is 0 Å². The number of likely N-dealkylation sites (tertiary alicyclic amines) is 1. The maximum atomic E-state index is 11.6. The van der Waals surface area contributed by atoms with E-state index in [0.29, 0.717) is 12.5 Å². The number of carboxylic acid groups (broad SMARTS) is 1. The molecule has 1 heterocycles. The van der Waals surface area contributed by atoms with Crippen LogP contribution >= 0.6 is 0 Å². The van der Waals surface area contributed by atoms with Gasteiger partial charge < -0.3 is 14.9 Å². The fourth-order valence-electron chi connectivity index (χ4n) is 2.17. The molecule has 1 saturated heterocycles. The summed E-state index contributed by atoms with van der Waals surface area (Å²) in [5.41, 5.74) is 0. The standard InChI is InChI=1S/C12H20N2O3/c1-13-7-3-4-10(8-13)9-14(2)11(15)5-6-12(16)17/h5-6,10H,3-4,7-9H2,1-2H3,(H,16,17)/b6-5+. The van der Waals surface area contributed by atoms with Crippen molar-refractivity contribution in [3.8, 4) is 0 Å². The summed E-state index contributed by atoms with van der Waals surface area (Å²) in [6.07, 6.45) is 4.28. The summed E-state index contributed by atoms with van der Waals surface area (Å²) in [6, 6.07) is 0. The van der Waals surface area contributed by atoms with Crippen LogP contribution in [0.1, 0.15) is 12.8 Å². The van der Waals surface area contributed by atoms with Gasteiger partial charge >= 0.3 is 5.97 Å². The molecule has 0 aromatic carbocycles. The van der Waals surface area contributed by atoms with Gasteiger partial charge in [-0.15, -0.1) is 0 Å². The Kier molecular flexibility index (Phi) is 5.15. The molecule has 0 spiro atoms. The molecule has 5 nitrogen and oxygen atoms in total. The van der Waals surface area contributed by atoms with Crippen LogP contribution in [0.25, 0.3) is 0 Å². The monoisotopic (exact) mass is 240 g/mol. The van der Waals surface area contributed by atoms with Crippen LogP contribution in [0.2, 0.25) is 0 Å². The number of aliphatic carboxylic acids is 1. The van der Waals surface area contributed by atoms with Gasteiger partial charge in [0.05, 0.1) is 0 Å². The number of carbonyl (C=O) groups excluding carboxylic acids is 1. The molecule has 1 rings (SSSR count). The minimum Gasteiger partial charge on any atom is -0.478 e. The van der Waals surface area contributed by atoms with Crippen LogP contribution in [0.4, 0.5) is 0 Å². The molecule has 17 heavy (non-hydrogen) atoms. The Balaban J connectivity index is 2.39. The van der Waals surface area contributed by atoms with Gasteiger partial charge in [0.25, 0.3) is 0 Å². The van der Waals surface area contributed by atoms with Crippen LogP contribution in [-0.4, -0.2) is 60.5 Å². The first-order chi connectivity index (χ1) is 7.99. The summed E-state index contributed by atoms with van der Waals surface area (Å²) < 4.78 is 0. The Morgan fingerprint density at radius 1 is 1.47 bits per heavy atom. The minimum atomic E-state index is -1.09. The Hall–Kier alpha value is -1.36. The van der Waals surface area contributed by atoms with Crippen LogP contribution in [0.15, 0.2) is 12.2 Å². The molecule has 0 bridgehead atoms. The molecule has 0 radical (unpaired) electrons. The van der Waals surface area contributed by atoms with Crippen LogP contribution in [0.5, 0.6) is 0 Å². The van der Waals surface area contributed by atoms with Gasteiger partial charge in [0.1, 0.15) is 0 Å². The molecule has 1 fully saturated rings. The fourth-order valence-corrected chi connectivity index (χ4v) is 2.17. The second-order valence-electron chi connectivity index (χ2n) is 4.66. The lowest BCUT2D eigenvalue weighted by atomic mass is 9.98. The van der Waals surface area contributed by atoms with Gasteiger partial charge in [0, 0.05) is 32.3 Å². The van der Waals surface area contributed by atoms with Crippen molar-refractivity contribution in [1.29, 1.82) is 0 Å². The summed E-state index contributed by atoms with van der Waals surface area (Å²) in [7, 11) is 3.79. The average Bonchev–Trinajstić information content (AvgIpc) is 2.25. The number of nitrogens with zero attached hydrogens (tertiary/aromatic N) is 2. The van der Waals surface area contributed by atoms with Crippen molar-refractivity contribution in [3.05, 3.63) is 12.2 Å². The highest BCUT2D eigenvalue weighted by Gasteiger charge is 2.19. The molecule has 5 heteroatoms. The zero-order valence-corrected chi connectivity index (χ0v) is 10.4. The predicted molar refractivity (Wildman–Crippen MR) is 64.6 cm³/mol. The Bertz CT molecular complexity index is 315. The van der Waals surface area contributed by atoms with Crippen LogP contribution in [0.3, 0.4) is 0 Å². The van der Waals surface area contributed by atoms with E-state index in [4.69, 9.17) is 5.11 Å². The van der Waals surface area contributed by atoms with E-state index < -0.39 is 5.97 Å². The summed E-state index contributed by atoms with van der Waals surface area (Å²) >= 11 is 0. The molecule has 1 aliphatic heterocycles. The molecular formula is C12H20N2O3. The maximum absolute atomic E-state index is 11.6. The van der Waals surface area contributed by atoms with E-state index in [1.54, 1.807) is 11.9 Å². The van der Waals surface area contributed by atoms with Crippen LogP contribution in [-0.2, 0) is 9.59 Å². The van der Waals surface area contributed by atoms with Gasteiger partial charge in [-0.25, -0.2) is 4.79 Å². The zero-order chi connectivity index (χ0) is 12.8. The van der Waals surface area contributed by atoms with Crippen LogP contribution in [0, 0.1) is 5.92 Å². The lowest BCUT2D eigenvalue weighted by molar-refractivity contribution is -0.132. The highest BCUT2D eigenvalue weighted by Crippen LogP contribution is 2.15. The number of likely N-dealkylation sites (N-methyl/N-ethyl adjacent to an activating group) is 1. The Labute approximate surface area is 102 Å². The second-order valence-corrected chi connectivity index (χ2v) is 4.66. The first-order valence-electron chi connectivity index (χ1n) is 5.83. The van der Waals surface area contributed by atoms with E-state index in [9.17, 15) is 9.59 Å². The molecule has 1 amide bonds. The van der Waals surface area contributed by atoms with E-state index in [1.807, 2.05) is 0 Å². The molecular weight excluding hydrogens is 220 g/mol. The predicted octanol–water partition coefficient (Wildman–Crippen LogP) is 0.427. The highest BCUT2D eigenvalue weighted by atomic mass is 16.4. The number of carbonyl (C=O) groups is 2. The Morgan fingerprint density at radius 2 is 2.18 bits per heavy atom. The van der Waals surface area contributed by atoms with Gasteiger partial charge in [-0.2, -0.15) is 0 Å². The number of amides is 1. The number of piperidine rings is 1. The van der Waals surface area contributed by atoms with Crippen molar-refractivity contribution < 1.29 is 14.7 Å². The minimum absolute atomic E-state index is 0.249. The number of hydrogen-bond donors (Lipinski definition) is 1. The molecule has 0 aliphatic carbocycles. The molecule has 1 N–H and O–H groups in total. The summed E-state index contributed by atoms with van der Waals surface area (Å²) in [5.74, 6) is -0.856. The van der Waals surface area contributed by atoms with Gasteiger partial charge in [-0.1, -0.05) is 0 Å². The van der Waals surface area contributed by atoms with E-state index in [0.717, 1.165) is 38.1 Å². The summed E-state index contributed by atoms with van der Waals surface area (Å²) in [5, 5.41) is 8.44. The van der Waals surface area contributed by atoms with Crippen molar-refractivity contribution in [2.75, 3.05) is 33.7 Å². The van der Waals surface area contributed by atoms with E-state index in [-0.39, 0.29) is 5.91 Å². The molecule has 1 atom stereocenters. The highest BCUT2D eigenvalue weighted by molar-refractivity contribution is 5.93. The van der Waals surface area contributed by atoms with Crippen molar-refractivity contribution in [2.24, 2.45) is 5.92 Å². The first-order valence-corrected chi connectivity index (χ1v) is 5.83. The molecule has 1 unspecified atom stereocenters. The molecule has 0 aromatic rings. The normalized spacial score (nSPS) is 21.6. The SMILES string of the molecule is CN1CCCC(CN(C)C(=O)/C=C/C(=O)O)C1. The molecule has 96 valence electrons. The second kappa shape index (κ2) is 6.39. The van der Waals surface area contributed by atoms with Crippen molar-refractivity contribution in [3.63, 3.8) is 0 Å². The Morgan fingerprint density at radius 3 is 2.76 bits per heavy atom. The van der Waals surface area contributed by atoms with Gasteiger partial charge in [0.2, 0.25) is 5.91 Å². The van der Waals surface area contributed by atoms with Crippen molar-refractivity contribution in [1.82, 2.24) is 9.80 Å². The maximum Gasteiger partial charge on any atom is 0.328 e. The lowest BCUT2D eigenvalue weighted by Crippen LogP contribution is -2.39. The lowest BCUT2D eigenvalue weighted by Gasteiger charge is -2.32. The van der Waals surface area contributed by atoms with Gasteiger partial charge in [-0.05, 0) is 32.4 Å². The number of carboxylic acids is 1. The number of rotatable bonds is 4. The van der Waals surface area contributed by atoms with Crippen molar-refractivity contribution in [2.45, 2.75) is 12.8 Å². The van der Waals surface area contributed by atoms with E-state index in [2.05, 4.69) is 11.9 Å². The smallest absolute Gasteiger partial charge is 0.328 e. The quantitative estimate of drug-likeness (QED) is 0.724. The average molecular weight is 240 g/mol. The third-order valence-electron chi connectivity index (χ3n) is 3.00. The molecule has 1 aliphatic rings. The first kappa shape index (κ1) is 13.7. The third-order valence-corrected chi connectivity index (χ3v) is 3.00. The van der Waals surface area contributed by atoms with Crippen LogP contribution < -0.4 is 0 Å². The fraction of sp³-hybridized carbons (Fsp3) is 0.667. The summed E-state index contributed by atoms with van der Waals surface area (Å²) in [4.78, 5) is 25.7. The van der Waals surface area contributed by atoms with Gasteiger partial charge in [0.15, 0.2) is 0 Å². The van der Waals surface area contributed by atoms with Crippen molar-refractivity contribution >= 4 is 11.9 Å². The van der Waals surface area contributed by atoms with E-state index in [1.165, 1.54) is 0 Å². The molecule has 0 aromatic heterocycles. The third kappa shape index (κ3) is 4.99. The summed E-state index contributed by atoms with van der Waals surface area (Å²) in [6.45, 7) is 2.81.